The molecule has 0 aliphatic heterocycles. The zero-order valence-corrected chi connectivity index (χ0v) is 33.3. The van der Waals surface area contributed by atoms with Crippen LogP contribution in [0.4, 0.5) is 0 Å². The van der Waals surface area contributed by atoms with Gasteiger partial charge in [-0.2, -0.15) is 0 Å². The summed E-state index contributed by atoms with van der Waals surface area (Å²) in [5, 5.41) is 0. The number of benzene rings is 4. The van der Waals surface area contributed by atoms with Gasteiger partial charge in [-0.3, -0.25) is 0 Å². The molecule has 5 aliphatic rings. The minimum Gasteiger partial charge on any atom is -0.0883 e. The van der Waals surface area contributed by atoms with Crippen molar-refractivity contribution in [3.63, 3.8) is 0 Å². The van der Waals surface area contributed by atoms with E-state index in [-0.39, 0.29) is 11.8 Å². The largest absolute Gasteiger partial charge is 0.0883 e. The molecule has 0 aromatic heterocycles. The van der Waals surface area contributed by atoms with Crippen molar-refractivity contribution in [3.05, 3.63) is 191 Å². The zero-order valence-electron chi connectivity index (χ0n) is 33.3. The van der Waals surface area contributed by atoms with Crippen LogP contribution >= 0.6 is 0 Å². The van der Waals surface area contributed by atoms with E-state index in [0.717, 1.165) is 38.5 Å². The highest BCUT2D eigenvalue weighted by atomic mass is 14.5. The Morgan fingerprint density at radius 3 is 2.09 bits per heavy atom. The third-order valence-electron chi connectivity index (χ3n) is 12.9. The number of allylic oxidation sites excluding steroid dienone is 17. The van der Waals surface area contributed by atoms with E-state index >= 15 is 0 Å². The zero-order chi connectivity index (χ0) is 38.0. The predicted molar refractivity (Wildman–Crippen MR) is 243 cm³/mol. The Balaban J connectivity index is 1.40. The van der Waals surface area contributed by atoms with Gasteiger partial charge in [0.05, 0.1) is 0 Å². The number of hydrogen-bond donors (Lipinski definition) is 0. The second-order valence-electron chi connectivity index (χ2n) is 16.4. The fourth-order valence-corrected chi connectivity index (χ4v) is 10.2. The van der Waals surface area contributed by atoms with Crippen LogP contribution in [0, 0.1) is 23.7 Å². The van der Waals surface area contributed by atoms with E-state index in [2.05, 4.69) is 185 Å². The molecule has 56 heavy (non-hydrogen) atoms. The van der Waals surface area contributed by atoms with E-state index in [9.17, 15) is 0 Å². The average Bonchev–Trinajstić information content (AvgIpc) is 3.58. The van der Waals surface area contributed by atoms with Crippen LogP contribution < -0.4 is 0 Å². The molecule has 0 heterocycles. The van der Waals surface area contributed by atoms with E-state index in [4.69, 9.17) is 0 Å². The summed E-state index contributed by atoms with van der Waals surface area (Å²) in [7, 11) is 0. The van der Waals surface area contributed by atoms with E-state index in [1.807, 2.05) is 0 Å². The molecule has 4 atom stereocenters. The minimum absolute atomic E-state index is 0.267. The molecule has 0 nitrogen and oxygen atoms in total. The molecule has 0 fully saturated rings. The maximum absolute atomic E-state index is 2.58. The highest BCUT2D eigenvalue weighted by Crippen LogP contribution is 2.61. The lowest BCUT2D eigenvalue weighted by molar-refractivity contribution is 0.441. The van der Waals surface area contributed by atoms with Crippen molar-refractivity contribution in [1.82, 2.24) is 0 Å². The van der Waals surface area contributed by atoms with Gasteiger partial charge < -0.3 is 0 Å². The lowest BCUT2D eigenvalue weighted by atomic mass is 9.74. The summed E-state index contributed by atoms with van der Waals surface area (Å²) in [5.74, 6) is 1.71. The summed E-state index contributed by atoms with van der Waals surface area (Å²) >= 11 is 0. The normalized spacial score (nSPS) is 23.4. The van der Waals surface area contributed by atoms with E-state index in [1.165, 1.54) is 89.9 Å². The quantitative estimate of drug-likeness (QED) is 0.180. The van der Waals surface area contributed by atoms with Crippen molar-refractivity contribution >= 4 is 33.9 Å². The van der Waals surface area contributed by atoms with Gasteiger partial charge in [0, 0.05) is 11.8 Å². The monoisotopic (exact) mass is 726 g/mol. The fourth-order valence-electron chi connectivity index (χ4n) is 10.2. The van der Waals surface area contributed by atoms with Crippen molar-refractivity contribution in [3.8, 4) is 22.3 Å². The van der Waals surface area contributed by atoms with Crippen LogP contribution in [0.1, 0.15) is 99.1 Å². The van der Waals surface area contributed by atoms with Gasteiger partial charge in [-0.25, -0.2) is 0 Å². The van der Waals surface area contributed by atoms with Crippen molar-refractivity contribution in [2.45, 2.75) is 65.7 Å². The highest BCUT2D eigenvalue weighted by Gasteiger charge is 2.43. The Kier molecular flexibility index (Phi) is 10.3. The molecule has 0 radical (unpaired) electrons. The van der Waals surface area contributed by atoms with Crippen molar-refractivity contribution in [2.75, 3.05) is 0 Å². The summed E-state index contributed by atoms with van der Waals surface area (Å²) in [4.78, 5) is 0. The average molecular weight is 727 g/mol. The van der Waals surface area contributed by atoms with Crippen LogP contribution in [0.2, 0.25) is 0 Å². The van der Waals surface area contributed by atoms with Crippen LogP contribution in [0.3, 0.4) is 0 Å². The first-order chi connectivity index (χ1) is 27.6. The molecular formula is C56H54. The SMILES string of the molecule is CC=C1CCC=CCC(C)CC(CC)C=Cc2c1c(-c1ccccc1)c1c(c2-c2ccccc2)C2=CC=CC3C=C(c4ccccc4C4=CCCC=C4)C=C1C23. The summed E-state index contributed by atoms with van der Waals surface area (Å²) in [5.41, 5.74) is 20.7. The molecule has 5 aliphatic carbocycles. The van der Waals surface area contributed by atoms with Crippen LogP contribution in [-0.2, 0) is 0 Å². The smallest absolute Gasteiger partial charge is 0.0200 e. The minimum atomic E-state index is 0.267. The van der Waals surface area contributed by atoms with Crippen LogP contribution in [-0.4, -0.2) is 0 Å². The maximum Gasteiger partial charge on any atom is 0.0200 e. The van der Waals surface area contributed by atoms with Gasteiger partial charge in [0.15, 0.2) is 0 Å². The molecule has 0 saturated heterocycles. The molecule has 4 aromatic rings. The molecule has 9 rings (SSSR count). The Hall–Kier alpha value is -5.46. The topological polar surface area (TPSA) is 0 Å². The molecule has 4 aromatic carbocycles. The van der Waals surface area contributed by atoms with Gasteiger partial charge in [0.1, 0.15) is 0 Å². The second kappa shape index (κ2) is 16.0. The second-order valence-corrected chi connectivity index (χ2v) is 16.4. The molecule has 0 bridgehead atoms. The van der Waals surface area contributed by atoms with E-state index in [0.29, 0.717) is 11.8 Å². The Morgan fingerprint density at radius 2 is 1.38 bits per heavy atom. The van der Waals surface area contributed by atoms with Gasteiger partial charge in [-0.15, -0.1) is 0 Å². The number of hydrogen-bond acceptors (Lipinski definition) is 0. The van der Waals surface area contributed by atoms with Crippen LogP contribution in [0.25, 0.3) is 56.2 Å². The van der Waals surface area contributed by atoms with Gasteiger partial charge >= 0.3 is 0 Å². The lowest BCUT2D eigenvalue weighted by Crippen LogP contribution is -2.16. The molecule has 0 spiro atoms. The van der Waals surface area contributed by atoms with Gasteiger partial charge in [0.2, 0.25) is 0 Å². The summed E-state index contributed by atoms with van der Waals surface area (Å²) in [6.45, 7) is 7.06. The molecule has 0 amide bonds. The fraction of sp³-hybridized carbons (Fsp3) is 0.250. The summed E-state index contributed by atoms with van der Waals surface area (Å²) < 4.78 is 0. The summed E-state index contributed by atoms with van der Waals surface area (Å²) in [6.07, 6.45) is 39.7. The standard InChI is InChI=1S/C56H54/c1-4-39-33-34-49-52(40(5-2)22-11-6-10-21-38(3)35-39)54(43-27-16-9-17-28-43)56-50-37-45(47-31-19-18-30-46(47)41-23-12-7-13-24-41)36-44-29-20-32-48(51(44)50)55(56)53(49)42-25-14-8-15-26-42/h5-6,8-10,12,14-20,23-34,36-39,44,51H,4,7,11,13,21-22,35H2,1-3H3. The molecule has 278 valence electrons. The van der Waals surface area contributed by atoms with Gasteiger partial charge in [-0.1, -0.05) is 178 Å². The highest BCUT2D eigenvalue weighted by molar-refractivity contribution is 6.13. The Morgan fingerprint density at radius 1 is 0.661 bits per heavy atom. The van der Waals surface area contributed by atoms with Crippen LogP contribution in [0.15, 0.2) is 158 Å². The Bertz CT molecular complexity index is 2410. The molecular weight excluding hydrogens is 673 g/mol. The van der Waals surface area contributed by atoms with Gasteiger partial charge in [-0.05, 0) is 147 Å². The third kappa shape index (κ3) is 6.64. The third-order valence-corrected chi connectivity index (χ3v) is 12.9. The van der Waals surface area contributed by atoms with Crippen LogP contribution in [0.5, 0.6) is 0 Å². The van der Waals surface area contributed by atoms with Crippen molar-refractivity contribution in [1.29, 1.82) is 0 Å². The first-order valence-corrected chi connectivity index (χ1v) is 21.3. The molecule has 4 unspecified atom stereocenters. The Labute approximate surface area is 335 Å². The molecule has 0 N–H and O–H groups in total. The maximum atomic E-state index is 2.58. The first kappa shape index (κ1) is 36.2. The van der Waals surface area contributed by atoms with Gasteiger partial charge in [0.25, 0.3) is 0 Å². The van der Waals surface area contributed by atoms with E-state index in [1.54, 1.807) is 0 Å². The number of rotatable bonds is 5. The summed E-state index contributed by atoms with van der Waals surface area (Å²) in [6, 6.07) is 31.7. The van der Waals surface area contributed by atoms with Crippen molar-refractivity contribution < 1.29 is 0 Å². The first-order valence-electron chi connectivity index (χ1n) is 21.3. The predicted octanol–water partition coefficient (Wildman–Crippen LogP) is 15.6. The van der Waals surface area contributed by atoms with Crippen molar-refractivity contribution in [2.24, 2.45) is 23.7 Å². The van der Waals surface area contributed by atoms with E-state index < -0.39 is 0 Å². The number of fused-ring (bicyclic) bond motifs is 4. The lowest BCUT2D eigenvalue weighted by Gasteiger charge is -2.29. The molecule has 0 saturated carbocycles. The molecule has 0 heteroatoms.